The molecule has 0 spiro atoms. The summed E-state index contributed by atoms with van der Waals surface area (Å²) >= 11 is 1.97. The van der Waals surface area contributed by atoms with E-state index in [4.69, 9.17) is 4.74 Å². The molecular formula is C13H20OS. The average Bonchev–Trinajstić information content (AvgIpc) is 2.30. The Balaban J connectivity index is 2.20. The molecule has 0 heterocycles. The molecule has 1 rings (SSSR count). The van der Waals surface area contributed by atoms with Gasteiger partial charge < -0.3 is 4.74 Å². The van der Waals surface area contributed by atoms with E-state index >= 15 is 0 Å². The monoisotopic (exact) mass is 224 g/mol. The van der Waals surface area contributed by atoms with Gasteiger partial charge in [0, 0.05) is 0 Å². The van der Waals surface area contributed by atoms with Crippen LogP contribution >= 0.6 is 11.8 Å². The van der Waals surface area contributed by atoms with Crippen molar-refractivity contribution >= 4 is 11.8 Å². The van der Waals surface area contributed by atoms with Gasteiger partial charge in [0.25, 0.3) is 0 Å². The minimum atomic E-state index is 0.832. The van der Waals surface area contributed by atoms with Gasteiger partial charge in [-0.2, -0.15) is 11.8 Å². The first kappa shape index (κ1) is 12.4. The van der Waals surface area contributed by atoms with Gasteiger partial charge in [0.1, 0.15) is 5.75 Å². The number of hydrogen-bond donors (Lipinski definition) is 0. The van der Waals surface area contributed by atoms with E-state index in [9.17, 15) is 0 Å². The summed E-state index contributed by atoms with van der Waals surface area (Å²) in [5.74, 6) is 3.39. The minimum Gasteiger partial charge on any atom is -0.494 e. The molecule has 0 saturated carbocycles. The standard InChI is InChI=1S/C13H20OS/c1-3-12-6-8-13(9-7-12)14-10-5-11-15-4-2/h6-9H,3-5,10-11H2,1-2H3. The molecule has 2 heteroatoms. The lowest BCUT2D eigenvalue weighted by molar-refractivity contribution is 0.318. The average molecular weight is 224 g/mol. The van der Waals surface area contributed by atoms with Crippen LogP contribution in [0.1, 0.15) is 25.8 Å². The van der Waals surface area contributed by atoms with E-state index in [1.165, 1.54) is 17.1 Å². The molecule has 0 aliphatic carbocycles. The lowest BCUT2D eigenvalue weighted by Crippen LogP contribution is -1.98. The maximum atomic E-state index is 5.64. The Kier molecular flexibility index (Phi) is 6.33. The van der Waals surface area contributed by atoms with Gasteiger partial charge in [-0.1, -0.05) is 26.0 Å². The molecule has 0 bridgehead atoms. The zero-order chi connectivity index (χ0) is 10.9. The number of benzene rings is 1. The normalized spacial score (nSPS) is 10.3. The third kappa shape index (κ3) is 5.12. The van der Waals surface area contributed by atoms with E-state index in [0.717, 1.165) is 25.2 Å². The van der Waals surface area contributed by atoms with Gasteiger partial charge in [0.2, 0.25) is 0 Å². The molecule has 1 nitrogen and oxygen atoms in total. The van der Waals surface area contributed by atoms with Gasteiger partial charge in [-0.15, -0.1) is 0 Å². The molecule has 0 N–H and O–H groups in total. The van der Waals surface area contributed by atoms with Crippen LogP contribution in [0.5, 0.6) is 5.75 Å². The lowest BCUT2D eigenvalue weighted by Gasteiger charge is -2.06. The summed E-state index contributed by atoms with van der Waals surface area (Å²) in [5.41, 5.74) is 1.36. The van der Waals surface area contributed by atoms with Gasteiger partial charge in [0.15, 0.2) is 0 Å². The first-order valence-electron chi connectivity index (χ1n) is 5.66. The second kappa shape index (κ2) is 7.63. The topological polar surface area (TPSA) is 9.23 Å². The fraction of sp³-hybridized carbons (Fsp3) is 0.538. The highest BCUT2D eigenvalue weighted by molar-refractivity contribution is 7.99. The van der Waals surface area contributed by atoms with Crippen LogP contribution in [0.15, 0.2) is 24.3 Å². The Labute approximate surface area is 97.2 Å². The summed E-state index contributed by atoms with van der Waals surface area (Å²) in [5, 5.41) is 0. The first-order chi connectivity index (χ1) is 7.36. The lowest BCUT2D eigenvalue weighted by atomic mass is 10.2. The van der Waals surface area contributed by atoms with Crippen molar-refractivity contribution in [1.82, 2.24) is 0 Å². The Morgan fingerprint density at radius 2 is 1.87 bits per heavy atom. The van der Waals surface area contributed by atoms with E-state index in [2.05, 4.69) is 38.1 Å². The summed E-state index contributed by atoms with van der Waals surface area (Å²) in [6, 6.07) is 8.39. The van der Waals surface area contributed by atoms with Crippen molar-refractivity contribution in [2.75, 3.05) is 18.1 Å². The smallest absolute Gasteiger partial charge is 0.119 e. The molecule has 0 fully saturated rings. The fourth-order valence-corrected chi connectivity index (χ4v) is 1.93. The molecule has 0 aliphatic heterocycles. The maximum Gasteiger partial charge on any atom is 0.119 e. The Bertz CT molecular complexity index is 256. The van der Waals surface area contributed by atoms with E-state index < -0.39 is 0 Å². The van der Waals surface area contributed by atoms with Crippen molar-refractivity contribution in [2.45, 2.75) is 26.7 Å². The second-order valence-electron chi connectivity index (χ2n) is 3.40. The third-order valence-corrected chi connectivity index (χ3v) is 3.22. The summed E-state index contributed by atoms with van der Waals surface area (Å²) in [7, 11) is 0. The SMILES string of the molecule is CCSCCCOc1ccc(CC)cc1. The van der Waals surface area contributed by atoms with Crippen LogP contribution in [-0.4, -0.2) is 18.1 Å². The van der Waals surface area contributed by atoms with E-state index in [-0.39, 0.29) is 0 Å². The van der Waals surface area contributed by atoms with Crippen LogP contribution < -0.4 is 4.74 Å². The molecule has 15 heavy (non-hydrogen) atoms. The zero-order valence-electron chi connectivity index (χ0n) is 9.66. The van der Waals surface area contributed by atoms with Crippen molar-refractivity contribution in [3.8, 4) is 5.75 Å². The van der Waals surface area contributed by atoms with Gasteiger partial charge in [-0.05, 0) is 42.0 Å². The Hall–Kier alpha value is -0.630. The molecule has 0 radical (unpaired) electrons. The molecule has 0 atom stereocenters. The molecule has 0 aromatic heterocycles. The first-order valence-corrected chi connectivity index (χ1v) is 6.81. The highest BCUT2D eigenvalue weighted by Gasteiger charge is 1.94. The third-order valence-electron chi connectivity index (χ3n) is 2.24. The summed E-state index contributed by atoms with van der Waals surface area (Å²) in [4.78, 5) is 0. The van der Waals surface area contributed by atoms with Crippen molar-refractivity contribution in [3.63, 3.8) is 0 Å². The van der Waals surface area contributed by atoms with Crippen molar-refractivity contribution in [1.29, 1.82) is 0 Å². The van der Waals surface area contributed by atoms with Crippen LogP contribution in [-0.2, 0) is 6.42 Å². The van der Waals surface area contributed by atoms with Gasteiger partial charge >= 0.3 is 0 Å². The van der Waals surface area contributed by atoms with Crippen LogP contribution in [0.4, 0.5) is 0 Å². The Morgan fingerprint density at radius 1 is 1.13 bits per heavy atom. The van der Waals surface area contributed by atoms with E-state index in [1.54, 1.807) is 0 Å². The quantitative estimate of drug-likeness (QED) is 0.652. The molecule has 1 aromatic carbocycles. The molecular weight excluding hydrogens is 204 g/mol. The van der Waals surface area contributed by atoms with Crippen LogP contribution in [0, 0.1) is 0 Å². The molecule has 0 unspecified atom stereocenters. The van der Waals surface area contributed by atoms with Gasteiger partial charge in [-0.3, -0.25) is 0 Å². The van der Waals surface area contributed by atoms with Crippen molar-refractivity contribution in [3.05, 3.63) is 29.8 Å². The van der Waals surface area contributed by atoms with Gasteiger partial charge in [0.05, 0.1) is 6.61 Å². The van der Waals surface area contributed by atoms with E-state index in [0.29, 0.717) is 0 Å². The highest BCUT2D eigenvalue weighted by atomic mass is 32.2. The predicted molar refractivity (Wildman–Crippen MR) is 68.9 cm³/mol. The zero-order valence-corrected chi connectivity index (χ0v) is 10.5. The largest absolute Gasteiger partial charge is 0.494 e. The summed E-state index contributed by atoms with van der Waals surface area (Å²) in [6.45, 7) is 5.19. The second-order valence-corrected chi connectivity index (χ2v) is 4.79. The molecule has 0 amide bonds. The fourth-order valence-electron chi connectivity index (χ4n) is 1.32. The maximum absolute atomic E-state index is 5.64. The van der Waals surface area contributed by atoms with Gasteiger partial charge in [-0.25, -0.2) is 0 Å². The summed E-state index contributed by atoms with van der Waals surface area (Å²) in [6.07, 6.45) is 2.22. The molecule has 84 valence electrons. The molecule has 0 saturated heterocycles. The number of rotatable bonds is 7. The summed E-state index contributed by atoms with van der Waals surface area (Å²) < 4.78 is 5.64. The van der Waals surface area contributed by atoms with Crippen LogP contribution in [0.2, 0.25) is 0 Å². The number of aryl methyl sites for hydroxylation is 1. The Morgan fingerprint density at radius 3 is 2.47 bits per heavy atom. The molecule has 0 aliphatic rings. The highest BCUT2D eigenvalue weighted by Crippen LogP contribution is 2.13. The number of thioether (sulfide) groups is 1. The van der Waals surface area contributed by atoms with Crippen molar-refractivity contribution < 1.29 is 4.74 Å². The minimum absolute atomic E-state index is 0.832. The van der Waals surface area contributed by atoms with Crippen LogP contribution in [0.25, 0.3) is 0 Å². The molecule has 1 aromatic rings. The predicted octanol–water partition coefficient (Wildman–Crippen LogP) is 3.77. The van der Waals surface area contributed by atoms with Crippen LogP contribution in [0.3, 0.4) is 0 Å². The van der Waals surface area contributed by atoms with E-state index in [1.807, 2.05) is 11.8 Å². The number of ether oxygens (including phenoxy) is 1. The van der Waals surface area contributed by atoms with Crippen molar-refractivity contribution in [2.24, 2.45) is 0 Å². The number of hydrogen-bond acceptors (Lipinski definition) is 2.